The van der Waals surface area contributed by atoms with Gasteiger partial charge in [-0.3, -0.25) is 14.2 Å². The molecule has 1 aromatic carbocycles. The first-order valence-electron chi connectivity index (χ1n) is 10.4. The van der Waals surface area contributed by atoms with Gasteiger partial charge in [-0.05, 0) is 56.8 Å². The first-order valence-corrected chi connectivity index (χ1v) is 10.4. The third kappa shape index (κ3) is 3.51. The molecule has 5 rings (SSSR count). The number of hydrogen-bond donors (Lipinski definition) is 3. The molecule has 166 valence electrons. The standard InChI is InChI=1S/C22H27FN4O4/c1-13-10-14(4-5-15(13)23)11-25-18(29)16-17(28)19(30)27-12-21(31-3)6-8-22(24-2,9-7-21)20(27)26-16/h4-5,10,24,28H,6-9,11-12H2,1-3H3,(H,25,29). The highest BCUT2D eigenvalue weighted by atomic mass is 19.1. The Labute approximate surface area is 179 Å². The van der Waals surface area contributed by atoms with E-state index in [1.54, 1.807) is 26.2 Å². The van der Waals surface area contributed by atoms with Crippen molar-refractivity contribution in [2.45, 2.75) is 56.8 Å². The number of aromatic hydroxyl groups is 1. The van der Waals surface area contributed by atoms with Gasteiger partial charge in [-0.2, -0.15) is 0 Å². The quantitative estimate of drug-likeness (QED) is 0.667. The maximum Gasteiger partial charge on any atom is 0.296 e. The predicted octanol–water partition coefficient (Wildman–Crippen LogP) is 1.71. The molecule has 2 bridgehead atoms. The van der Waals surface area contributed by atoms with Gasteiger partial charge in [0.1, 0.15) is 11.6 Å². The molecular formula is C22H27FN4O4. The van der Waals surface area contributed by atoms with Crippen molar-refractivity contribution in [3.63, 3.8) is 0 Å². The Morgan fingerprint density at radius 2 is 2.03 bits per heavy atom. The number of hydrogen-bond acceptors (Lipinski definition) is 6. The van der Waals surface area contributed by atoms with Crippen LogP contribution < -0.4 is 16.2 Å². The maximum absolute atomic E-state index is 13.5. The van der Waals surface area contributed by atoms with Gasteiger partial charge < -0.3 is 20.5 Å². The lowest BCUT2D eigenvalue weighted by molar-refractivity contribution is -0.0582. The van der Waals surface area contributed by atoms with Crippen molar-refractivity contribution in [1.29, 1.82) is 0 Å². The Morgan fingerprint density at radius 3 is 2.65 bits per heavy atom. The molecule has 2 aliphatic heterocycles. The predicted molar refractivity (Wildman–Crippen MR) is 111 cm³/mol. The van der Waals surface area contributed by atoms with Crippen LogP contribution in [0.3, 0.4) is 0 Å². The molecule has 2 aromatic rings. The van der Waals surface area contributed by atoms with E-state index in [1.807, 2.05) is 7.05 Å². The number of benzene rings is 1. The van der Waals surface area contributed by atoms with E-state index in [2.05, 4.69) is 15.6 Å². The SMILES string of the molecule is CNC12CCC(OC)(CC1)Cn1c2nc(C(=O)NCc2ccc(F)c(C)c2)c(O)c1=O. The summed E-state index contributed by atoms with van der Waals surface area (Å²) in [5, 5.41) is 16.5. The average Bonchev–Trinajstić information content (AvgIpc) is 3.01. The van der Waals surface area contributed by atoms with E-state index in [0.29, 0.717) is 29.8 Å². The third-order valence-electron chi connectivity index (χ3n) is 6.84. The number of nitrogens with zero attached hydrogens (tertiary/aromatic N) is 2. The van der Waals surface area contributed by atoms with Crippen LogP contribution in [-0.4, -0.2) is 40.3 Å². The molecule has 8 nitrogen and oxygen atoms in total. The Morgan fingerprint density at radius 1 is 1.32 bits per heavy atom. The Hall–Kier alpha value is -2.78. The van der Waals surface area contributed by atoms with Crippen molar-refractivity contribution in [2.24, 2.45) is 0 Å². The van der Waals surface area contributed by atoms with Gasteiger partial charge in [0, 0.05) is 13.7 Å². The van der Waals surface area contributed by atoms with Crippen molar-refractivity contribution in [2.75, 3.05) is 14.2 Å². The molecular weight excluding hydrogens is 403 g/mol. The zero-order valence-corrected chi connectivity index (χ0v) is 17.9. The van der Waals surface area contributed by atoms with Crippen LogP contribution in [0.2, 0.25) is 0 Å². The highest BCUT2D eigenvalue weighted by Crippen LogP contribution is 2.46. The topological polar surface area (TPSA) is 105 Å². The zero-order chi connectivity index (χ0) is 22.4. The summed E-state index contributed by atoms with van der Waals surface area (Å²) in [4.78, 5) is 30.4. The molecule has 0 atom stereocenters. The highest BCUT2D eigenvalue weighted by molar-refractivity contribution is 5.94. The van der Waals surface area contributed by atoms with Crippen LogP contribution in [0.1, 0.15) is 53.1 Å². The van der Waals surface area contributed by atoms with Crippen molar-refractivity contribution in [1.82, 2.24) is 20.2 Å². The van der Waals surface area contributed by atoms with Gasteiger partial charge in [-0.25, -0.2) is 9.37 Å². The van der Waals surface area contributed by atoms with Gasteiger partial charge in [-0.15, -0.1) is 0 Å². The minimum Gasteiger partial charge on any atom is -0.501 e. The fourth-order valence-corrected chi connectivity index (χ4v) is 4.73. The van der Waals surface area contributed by atoms with Crippen LogP contribution in [-0.2, 0) is 23.4 Å². The van der Waals surface area contributed by atoms with E-state index in [4.69, 9.17) is 4.74 Å². The molecule has 0 radical (unpaired) electrons. The van der Waals surface area contributed by atoms with Crippen molar-refractivity contribution >= 4 is 5.91 Å². The van der Waals surface area contributed by atoms with Crippen molar-refractivity contribution in [3.05, 3.63) is 57.0 Å². The third-order valence-corrected chi connectivity index (χ3v) is 6.84. The number of methoxy groups -OCH3 is 1. The van der Waals surface area contributed by atoms with Gasteiger partial charge in [0.05, 0.1) is 17.7 Å². The summed E-state index contributed by atoms with van der Waals surface area (Å²) in [5.74, 6) is -1.23. The highest BCUT2D eigenvalue weighted by Gasteiger charge is 2.50. The second kappa shape index (κ2) is 7.72. The molecule has 3 aliphatic rings. The normalized spacial score (nSPS) is 24.5. The summed E-state index contributed by atoms with van der Waals surface area (Å²) < 4.78 is 20.7. The summed E-state index contributed by atoms with van der Waals surface area (Å²) in [6.45, 7) is 2.03. The molecule has 0 unspecified atom stereocenters. The van der Waals surface area contributed by atoms with E-state index in [1.165, 1.54) is 10.6 Å². The van der Waals surface area contributed by atoms with E-state index >= 15 is 0 Å². The molecule has 1 fully saturated rings. The number of ether oxygens (including phenoxy) is 1. The van der Waals surface area contributed by atoms with Crippen LogP contribution >= 0.6 is 0 Å². The van der Waals surface area contributed by atoms with Gasteiger partial charge in [0.15, 0.2) is 5.69 Å². The number of aryl methyl sites for hydroxylation is 1. The number of carbonyl (C=O) groups excluding carboxylic acids is 1. The molecule has 1 amide bonds. The van der Waals surface area contributed by atoms with E-state index in [9.17, 15) is 19.1 Å². The smallest absolute Gasteiger partial charge is 0.296 e. The van der Waals surface area contributed by atoms with E-state index < -0.39 is 28.4 Å². The molecule has 1 saturated carbocycles. The minimum atomic E-state index is -0.685. The second-order valence-corrected chi connectivity index (χ2v) is 8.51. The second-order valence-electron chi connectivity index (χ2n) is 8.51. The molecule has 31 heavy (non-hydrogen) atoms. The average molecular weight is 430 g/mol. The van der Waals surface area contributed by atoms with E-state index in [-0.39, 0.29) is 24.6 Å². The van der Waals surface area contributed by atoms with Gasteiger partial charge in [-0.1, -0.05) is 12.1 Å². The fourth-order valence-electron chi connectivity index (χ4n) is 4.73. The summed E-state index contributed by atoms with van der Waals surface area (Å²) in [5.41, 5.74) is -0.859. The first kappa shape index (κ1) is 21.5. The number of fused-ring (bicyclic) bond motifs is 2. The van der Waals surface area contributed by atoms with Crippen molar-refractivity contribution < 1.29 is 19.0 Å². The van der Waals surface area contributed by atoms with Crippen LogP contribution in [0.5, 0.6) is 5.75 Å². The maximum atomic E-state index is 13.5. The van der Waals surface area contributed by atoms with Crippen molar-refractivity contribution in [3.8, 4) is 5.75 Å². The van der Waals surface area contributed by atoms with Gasteiger partial charge in [0.25, 0.3) is 11.5 Å². The molecule has 3 heterocycles. The monoisotopic (exact) mass is 430 g/mol. The Balaban J connectivity index is 1.70. The lowest BCUT2D eigenvalue weighted by Gasteiger charge is -2.40. The van der Waals surface area contributed by atoms with Crippen LogP contribution in [0.25, 0.3) is 0 Å². The van der Waals surface area contributed by atoms with E-state index in [0.717, 1.165) is 12.8 Å². The first-order chi connectivity index (χ1) is 14.7. The number of amides is 1. The van der Waals surface area contributed by atoms with Crippen LogP contribution in [0.4, 0.5) is 4.39 Å². The number of carbonyl (C=O) groups is 1. The number of nitrogens with one attached hydrogen (secondary N) is 2. The Bertz CT molecular complexity index is 1090. The van der Waals surface area contributed by atoms with Gasteiger partial charge >= 0.3 is 0 Å². The molecule has 9 heteroatoms. The lowest BCUT2D eigenvalue weighted by Crippen LogP contribution is -2.47. The Kier molecular flexibility index (Phi) is 5.35. The summed E-state index contributed by atoms with van der Waals surface area (Å²) in [7, 11) is 3.44. The molecule has 1 aliphatic carbocycles. The summed E-state index contributed by atoms with van der Waals surface area (Å²) in [6.07, 6.45) is 2.87. The summed E-state index contributed by atoms with van der Waals surface area (Å²) >= 11 is 0. The largest absolute Gasteiger partial charge is 0.501 e. The zero-order valence-electron chi connectivity index (χ0n) is 17.9. The fraction of sp³-hybridized carbons (Fsp3) is 0.500. The number of aromatic nitrogens is 2. The summed E-state index contributed by atoms with van der Waals surface area (Å²) in [6, 6.07) is 4.54. The lowest BCUT2D eigenvalue weighted by atomic mass is 9.75. The molecule has 1 aromatic heterocycles. The van der Waals surface area contributed by atoms with Crippen LogP contribution in [0, 0.1) is 12.7 Å². The number of rotatable bonds is 5. The molecule has 3 N–H and O–H groups in total. The van der Waals surface area contributed by atoms with Gasteiger partial charge in [0.2, 0.25) is 5.75 Å². The number of halogens is 1. The molecule has 0 saturated heterocycles. The van der Waals surface area contributed by atoms with Crippen LogP contribution in [0.15, 0.2) is 23.0 Å². The molecule has 0 spiro atoms. The minimum absolute atomic E-state index is 0.115.